The Morgan fingerprint density at radius 1 is 1.25 bits per heavy atom. The Morgan fingerprint density at radius 3 is 2.25 bits per heavy atom. The summed E-state index contributed by atoms with van der Waals surface area (Å²) in [6.45, 7) is 1.75. The van der Waals surface area contributed by atoms with Crippen LogP contribution >= 0.6 is 0 Å². The van der Waals surface area contributed by atoms with E-state index in [1.807, 2.05) is 0 Å². The molecule has 3 nitrogen and oxygen atoms in total. The molecule has 0 saturated carbocycles. The molecular weight excluding hydrogens is 176 g/mol. The SMILES string of the molecule is CC(O)CCCCCS(C)(=O)=O. The lowest BCUT2D eigenvalue weighted by Gasteiger charge is -2.02. The van der Waals surface area contributed by atoms with Crippen molar-refractivity contribution in [1.29, 1.82) is 0 Å². The predicted octanol–water partition coefficient (Wildman–Crippen LogP) is 0.972. The quantitative estimate of drug-likeness (QED) is 0.641. The summed E-state index contributed by atoms with van der Waals surface area (Å²) in [6.07, 6.45) is 4.27. The fraction of sp³-hybridized carbons (Fsp3) is 1.00. The minimum atomic E-state index is -2.79. The van der Waals surface area contributed by atoms with Crippen LogP contribution in [0.4, 0.5) is 0 Å². The van der Waals surface area contributed by atoms with Crippen LogP contribution in [0.3, 0.4) is 0 Å². The first-order valence-electron chi connectivity index (χ1n) is 4.27. The molecule has 12 heavy (non-hydrogen) atoms. The van der Waals surface area contributed by atoms with Crippen molar-refractivity contribution in [2.45, 2.75) is 38.7 Å². The van der Waals surface area contributed by atoms with Gasteiger partial charge < -0.3 is 5.11 Å². The lowest BCUT2D eigenvalue weighted by molar-refractivity contribution is 0.180. The number of aliphatic hydroxyl groups excluding tert-OH is 1. The standard InChI is InChI=1S/C8H18O3S/c1-8(9)6-4-3-5-7-12(2,10)11/h8-9H,3-7H2,1-2H3. The summed E-state index contributed by atoms with van der Waals surface area (Å²) in [5.74, 6) is 0.271. The minimum absolute atomic E-state index is 0.261. The van der Waals surface area contributed by atoms with E-state index < -0.39 is 9.84 Å². The molecule has 1 N–H and O–H groups in total. The lowest BCUT2D eigenvalue weighted by atomic mass is 10.1. The molecule has 0 aromatic heterocycles. The molecule has 0 heterocycles. The lowest BCUT2D eigenvalue weighted by Crippen LogP contribution is -2.03. The van der Waals surface area contributed by atoms with Crippen molar-refractivity contribution in [2.75, 3.05) is 12.0 Å². The third-order valence-electron chi connectivity index (χ3n) is 1.64. The normalized spacial score (nSPS) is 14.6. The summed E-state index contributed by atoms with van der Waals surface area (Å²) in [5, 5.41) is 8.89. The van der Waals surface area contributed by atoms with Crippen molar-refractivity contribution in [1.82, 2.24) is 0 Å². The molecule has 0 amide bonds. The van der Waals surface area contributed by atoms with Crippen molar-refractivity contribution in [2.24, 2.45) is 0 Å². The zero-order valence-corrected chi connectivity index (χ0v) is 8.60. The van der Waals surface area contributed by atoms with Crippen LogP contribution in [-0.2, 0) is 9.84 Å². The van der Waals surface area contributed by atoms with Crippen LogP contribution in [0.15, 0.2) is 0 Å². The third kappa shape index (κ3) is 9.91. The molecule has 1 unspecified atom stereocenters. The van der Waals surface area contributed by atoms with Crippen molar-refractivity contribution < 1.29 is 13.5 Å². The summed E-state index contributed by atoms with van der Waals surface area (Å²) >= 11 is 0. The van der Waals surface area contributed by atoms with Gasteiger partial charge in [0.15, 0.2) is 0 Å². The van der Waals surface area contributed by atoms with Crippen LogP contribution in [0.2, 0.25) is 0 Å². The largest absolute Gasteiger partial charge is 0.393 e. The number of aliphatic hydroxyl groups is 1. The molecule has 0 aliphatic rings. The molecule has 0 aromatic carbocycles. The van der Waals surface area contributed by atoms with Crippen molar-refractivity contribution in [3.63, 3.8) is 0 Å². The highest BCUT2D eigenvalue weighted by Gasteiger charge is 2.01. The molecule has 0 aliphatic heterocycles. The van der Waals surface area contributed by atoms with Crippen molar-refractivity contribution in [3.8, 4) is 0 Å². The van der Waals surface area contributed by atoms with Gasteiger partial charge >= 0.3 is 0 Å². The van der Waals surface area contributed by atoms with E-state index in [0.717, 1.165) is 19.3 Å². The van der Waals surface area contributed by atoms with Gasteiger partial charge in [0.2, 0.25) is 0 Å². The monoisotopic (exact) mass is 194 g/mol. The van der Waals surface area contributed by atoms with Gasteiger partial charge in [-0.1, -0.05) is 12.8 Å². The summed E-state index contributed by atoms with van der Waals surface area (Å²) in [4.78, 5) is 0. The highest BCUT2D eigenvalue weighted by molar-refractivity contribution is 7.90. The maximum absolute atomic E-state index is 10.7. The third-order valence-corrected chi connectivity index (χ3v) is 2.67. The predicted molar refractivity (Wildman–Crippen MR) is 49.9 cm³/mol. The average Bonchev–Trinajstić information content (AvgIpc) is 1.83. The van der Waals surface area contributed by atoms with Crippen LogP contribution in [0.25, 0.3) is 0 Å². The van der Waals surface area contributed by atoms with Gasteiger partial charge in [0.25, 0.3) is 0 Å². The highest BCUT2D eigenvalue weighted by Crippen LogP contribution is 2.04. The Bertz CT molecular complexity index is 194. The zero-order valence-electron chi connectivity index (χ0n) is 7.78. The zero-order chi connectivity index (χ0) is 9.61. The van der Waals surface area contributed by atoms with Crippen molar-refractivity contribution in [3.05, 3.63) is 0 Å². The van der Waals surface area contributed by atoms with E-state index >= 15 is 0 Å². The Labute approximate surface area is 74.7 Å². The maximum atomic E-state index is 10.7. The van der Waals surface area contributed by atoms with E-state index in [9.17, 15) is 8.42 Å². The van der Waals surface area contributed by atoms with Gasteiger partial charge in [0.1, 0.15) is 9.84 Å². The maximum Gasteiger partial charge on any atom is 0.147 e. The van der Waals surface area contributed by atoms with Gasteiger partial charge in [-0.2, -0.15) is 0 Å². The first kappa shape index (κ1) is 11.9. The topological polar surface area (TPSA) is 54.4 Å². The molecule has 74 valence electrons. The average molecular weight is 194 g/mol. The number of hydrogen-bond acceptors (Lipinski definition) is 3. The van der Waals surface area contributed by atoms with Gasteiger partial charge in [-0.25, -0.2) is 8.42 Å². The molecule has 1 atom stereocenters. The first-order chi connectivity index (χ1) is 5.42. The molecule has 0 radical (unpaired) electrons. The smallest absolute Gasteiger partial charge is 0.147 e. The fourth-order valence-electron chi connectivity index (χ4n) is 0.981. The molecule has 0 fully saturated rings. The second kappa shape index (κ2) is 5.54. The van der Waals surface area contributed by atoms with E-state index in [-0.39, 0.29) is 11.9 Å². The summed E-state index contributed by atoms with van der Waals surface area (Å²) in [6, 6.07) is 0. The molecule has 0 aromatic rings. The van der Waals surface area contributed by atoms with Crippen LogP contribution < -0.4 is 0 Å². The van der Waals surface area contributed by atoms with Gasteiger partial charge in [-0.15, -0.1) is 0 Å². The summed E-state index contributed by atoms with van der Waals surface area (Å²) in [7, 11) is -2.79. The highest BCUT2D eigenvalue weighted by atomic mass is 32.2. The Balaban J connectivity index is 3.23. The van der Waals surface area contributed by atoms with Crippen molar-refractivity contribution >= 4 is 9.84 Å². The summed E-state index contributed by atoms with van der Waals surface area (Å²) in [5.41, 5.74) is 0. The van der Waals surface area contributed by atoms with Gasteiger partial charge in [-0.3, -0.25) is 0 Å². The number of rotatable bonds is 6. The van der Waals surface area contributed by atoms with E-state index in [4.69, 9.17) is 5.11 Å². The fourth-order valence-corrected chi connectivity index (χ4v) is 1.71. The van der Waals surface area contributed by atoms with E-state index in [2.05, 4.69) is 0 Å². The van der Waals surface area contributed by atoms with E-state index in [1.54, 1.807) is 6.92 Å². The van der Waals surface area contributed by atoms with Crippen LogP contribution in [0, 0.1) is 0 Å². The van der Waals surface area contributed by atoms with Crippen LogP contribution in [-0.4, -0.2) is 31.6 Å². The van der Waals surface area contributed by atoms with Gasteiger partial charge in [-0.05, 0) is 19.8 Å². The second-order valence-electron chi connectivity index (χ2n) is 3.33. The second-order valence-corrected chi connectivity index (χ2v) is 5.59. The van der Waals surface area contributed by atoms with Gasteiger partial charge in [0, 0.05) is 12.0 Å². The van der Waals surface area contributed by atoms with Crippen LogP contribution in [0.1, 0.15) is 32.6 Å². The molecule has 4 heteroatoms. The number of unbranched alkanes of at least 4 members (excludes halogenated alkanes) is 2. The van der Waals surface area contributed by atoms with E-state index in [1.165, 1.54) is 6.26 Å². The van der Waals surface area contributed by atoms with E-state index in [0.29, 0.717) is 6.42 Å². The molecule has 0 saturated heterocycles. The number of sulfone groups is 1. The van der Waals surface area contributed by atoms with Crippen LogP contribution in [0.5, 0.6) is 0 Å². The molecule has 0 aliphatic carbocycles. The Morgan fingerprint density at radius 2 is 1.83 bits per heavy atom. The molecule has 0 spiro atoms. The van der Waals surface area contributed by atoms with Gasteiger partial charge in [0.05, 0.1) is 6.10 Å². The molecule has 0 rings (SSSR count). The Kier molecular flexibility index (Phi) is 5.50. The molecule has 0 bridgehead atoms. The molecular formula is C8H18O3S. The Hall–Kier alpha value is -0.0900. The first-order valence-corrected chi connectivity index (χ1v) is 6.33. The number of hydrogen-bond donors (Lipinski definition) is 1. The minimum Gasteiger partial charge on any atom is -0.393 e. The summed E-state index contributed by atoms with van der Waals surface area (Å²) < 4.78 is 21.4.